The molecule has 4 heteroatoms. The maximum Gasteiger partial charge on any atom is 0.321 e. The summed E-state index contributed by atoms with van der Waals surface area (Å²) < 4.78 is 0. The minimum Gasteiger partial charge on any atom is -0.398 e. The molecule has 1 aromatic carbocycles. The van der Waals surface area contributed by atoms with E-state index in [1.54, 1.807) is 0 Å². The number of amides is 2. The van der Waals surface area contributed by atoms with Gasteiger partial charge >= 0.3 is 6.03 Å². The van der Waals surface area contributed by atoms with Crippen LogP contribution in [-0.2, 0) is 6.42 Å². The molecule has 0 aromatic heterocycles. The minimum absolute atomic E-state index is 0.0221. The van der Waals surface area contributed by atoms with Crippen LogP contribution in [0.5, 0.6) is 0 Å². The predicted octanol–water partition coefficient (Wildman–Crippen LogP) is 2.46. The van der Waals surface area contributed by atoms with Gasteiger partial charge in [-0.25, -0.2) is 4.79 Å². The van der Waals surface area contributed by atoms with Gasteiger partial charge in [0, 0.05) is 24.5 Å². The van der Waals surface area contributed by atoms with Crippen LogP contribution < -0.4 is 11.1 Å². The van der Waals surface area contributed by atoms with E-state index in [0.717, 1.165) is 49.3 Å². The van der Waals surface area contributed by atoms with Crippen LogP contribution in [0.1, 0.15) is 25.3 Å². The van der Waals surface area contributed by atoms with Crippen molar-refractivity contribution in [2.24, 2.45) is 0 Å². The standard InChI is InChI=1S/C13H19N3O/c1-2-10-5-6-11(9-12(10)14)15-13(17)16-7-3-4-8-16/h5-6,9H,2-4,7-8,14H2,1H3,(H,15,17). The molecule has 3 N–H and O–H groups in total. The number of hydrogen-bond acceptors (Lipinski definition) is 2. The molecule has 0 saturated carbocycles. The Hall–Kier alpha value is -1.71. The lowest BCUT2D eigenvalue weighted by Crippen LogP contribution is -2.32. The first-order valence-electron chi connectivity index (χ1n) is 6.15. The van der Waals surface area contributed by atoms with Gasteiger partial charge in [0.1, 0.15) is 0 Å². The predicted molar refractivity (Wildman–Crippen MR) is 70.1 cm³/mol. The Kier molecular flexibility index (Phi) is 3.52. The third kappa shape index (κ3) is 2.70. The fourth-order valence-electron chi connectivity index (χ4n) is 2.12. The Balaban J connectivity index is 2.03. The zero-order valence-electron chi connectivity index (χ0n) is 10.2. The number of rotatable bonds is 2. The molecule has 92 valence electrons. The van der Waals surface area contributed by atoms with Crippen molar-refractivity contribution in [1.82, 2.24) is 4.90 Å². The van der Waals surface area contributed by atoms with E-state index in [1.807, 2.05) is 23.1 Å². The molecule has 17 heavy (non-hydrogen) atoms. The van der Waals surface area contributed by atoms with E-state index >= 15 is 0 Å². The second kappa shape index (κ2) is 5.08. The molecule has 4 nitrogen and oxygen atoms in total. The Morgan fingerprint density at radius 1 is 1.41 bits per heavy atom. The first kappa shape index (κ1) is 11.8. The smallest absolute Gasteiger partial charge is 0.321 e. The van der Waals surface area contributed by atoms with E-state index in [9.17, 15) is 4.79 Å². The maximum absolute atomic E-state index is 11.9. The number of nitrogens with zero attached hydrogens (tertiary/aromatic N) is 1. The molecule has 0 bridgehead atoms. The molecule has 1 aliphatic heterocycles. The van der Waals surface area contributed by atoms with E-state index in [0.29, 0.717) is 0 Å². The number of benzene rings is 1. The van der Waals surface area contributed by atoms with Gasteiger partial charge in [0.25, 0.3) is 0 Å². The summed E-state index contributed by atoms with van der Waals surface area (Å²) in [6, 6.07) is 5.68. The van der Waals surface area contributed by atoms with Crippen molar-refractivity contribution in [3.63, 3.8) is 0 Å². The number of hydrogen-bond donors (Lipinski definition) is 2. The molecule has 1 aliphatic rings. The van der Waals surface area contributed by atoms with E-state index in [2.05, 4.69) is 12.2 Å². The van der Waals surface area contributed by atoms with Crippen LogP contribution in [0, 0.1) is 0 Å². The summed E-state index contributed by atoms with van der Waals surface area (Å²) in [7, 11) is 0. The molecule has 0 aliphatic carbocycles. The summed E-state index contributed by atoms with van der Waals surface area (Å²) in [5.41, 5.74) is 8.53. The largest absolute Gasteiger partial charge is 0.398 e. The minimum atomic E-state index is -0.0221. The summed E-state index contributed by atoms with van der Waals surface area (Å²) in [5.74, 6) is 0. The zero-order valence-corrected chi connectivity index (χ0v) is 10.2. The van der Waals surface area contributed by atoms with E-state index in [-0.39, 0.29) is 6.03 Å². The van der Waals surface area contributed by atoms with Crippen LogP contribution >= 0.6 is 0 Å². The number of nitrogens with one attached hydrogen (secondary N) is 1. The molecule has 1 fully saturated rings. The van der Waals surface area contributed by atoms with Crippen LogP contribution in [0.2, 0.25) is 0 Å². The highest BCUT2D eigenvalue weighted by Gasteiger charge is 2.17. The van der Waals surface area contributed by atoms with Crippen LogP contribution in [0.4, 0.5) is 16.2 Å². The molecular weight excluding hydrogens is 214 g/mol. The van der Waals surface area contributed by atoms with Gasteiger partial charge < -0.3 is 16.0 Å². The Bertz CT molecular complexity index is 411. The number of anilines is 2. The molecular formula is C13H19N3O. The average molecular weight is 233 g/mol. The molecule has 1 heterocycles. The molecule has 2 amide bonds. The van der Waals surface area contributed by atoms with Gasteiger partial charge in [-0.05, 0) is 37.0 Å². The number of urea groups is 1. The lowest BCUT2D eigenvalue weighted by atomic mass is 10.1. The van der Waals surface area contributed by atoms with Crippen LogP contribution in [-0.4, -0.2) is 24.0 Å². The lowest BCUT2D eigenvalue weighted by molar-refractivity contribution is 0.222. The summed E-state index contributed by atoms with van der Waals surface area (Å²) in [6.45, 7) is 3.77. The summed E-state index contributed by atoms with van der Waals surface area (Å²) in [6.07, 6.45) is 3.11. The quantitative estimate of drug-likeness (QED) is 0.771. The second-order valence-corrected chi connectivity index (χ2v) is 4.39. The van der Waals surface area contributed by atoms with Crippen LogP contribution in [0.15, 0.2) is 18.2 Å². The molecule has 0 spiro atoms. The number of likely N-dealkylation sites (tertiary alicyclic amines) is 1. The van der Waals surface area contributed by atoms with Crippen LogP contribution in [0.25, 0.3) is 0 Å². The van der Waals surface area contributed by atoms with Crippen molar-refractivity contribution in [2.75, 3.05) is 24.1 Å². The topological polar surface area (TPSA) is 58.4 Å². The molecule has 0 radical (unpaired) electrons. The molecule has 1 aromatic rings. The third-order valence-corrected chi connectivity index (χ3v) is 3.17. The number of nitrogens with two attached hydrogens (primary N) is 1. The van der Waals surface area contributed by atoms with Crippen molar-refractivity contribution < 1.29 is 4.79 Å². The second-order valence-electron chi connectivity index (χ2n) is 4.39. The Labute approximate surface area is 102 Å². The number of aryl methyl sites for hydroxylation is 1. The first-order valence-corrected chi connectivity index (χ1v) is 6.15. The lowest BCUT2D eigenvalue weighted by Gasteiger charge is -2.16. The van der Waals surface area contributed by atoms with Gasteiger partial charge in [-0.2, -0.15) is 0 Å². The Morgan fingerprint density at radius 3 is 2.71 bits per heavy atom. The number of nitrogen functional groups attached to an aromatic ring is 1. The van der Waals surface area contributed by atoms with Gasteiger partial charge in [0.2, 0.25) is 0 Å². The third-order valence-electron chi connectivity index (χ3n) is 3.17. The fraction of sp³-hybridized carbons (Fsp3) is 0.462. The van der Waals surface area contributed by atoms with Gasteiger partial charge in [-0.3, -0.25) is 0 Å². The van der Waals surface area contributed by atoms with Gasteiger partial charge in [0.15, 0.2) is 0 Å². The highest BCUT2D eigenvalue weighted by atomic mass is 16.2. The fourth-order valence-corrected chi connectivity index (χ4v) is 2.12. The zero-order chi connectivity index (χ0) is 12.3. The molecule has 2 rings (SSSR count). The molecule has 0 unspecified atom stereocenters. The van der Waals surface area contributed by atoms with Crippen molar-refractivity contribution in [3.8, 4) is 0 Å². The van der Waals surface area contributed by atoms with Crippen molar-refractivity contribution >= 4 is 17.4 Å². The number of carbonyl (C=O) groups excluding carboxylic acids is 1. The number of carbonyl (C=O) groups is 1. The molecule has 1 saturated heterocycles. The van der Waals surface area contributed by atoms with Crippen molar-refractivity contribution in [1.29, 1.82) is 0 Å². The van der Waals surface area contributed by atoms with Gasteiger partial charge in [-0.15, -0.1) is 0 Å². The highest BCUT2D eigenvalue weighted by molar-refractivity contribution is 5.90. The van der Waals surface area contributed by atoms with Gasteiger partial charge in [-0.1, -0.05) is 13.0 Å². The van der Waals surface area contributed by atoms with E-state index < -0.39 is 0 Å². The summed E-state index contributed by atoms with van der Waals surface area (Å²) >= 11 is 0. The van der Waals surface area contributed by atoms with Crippen molar-refractivity contribution in [2.45, 2.75) is 26.2 Å². The SMILES string of the molecule is CCc1ccc(NC(=O)N2CCCC2)cc1N. The molecule has 0 atom stereocenters. The average Bonchev–Trinajstić information content (AvgIpc) is 2.82. The maximum atomic E-state index is 11.9. The van der Waals surface area contributed by atoms with Gasteiger partial charge in [0.05, 0.1) is 0 Å². The van der Waals surface area contributed by atoms with Crippen LogP contribution in [0.3, 0.4) is 0 Å². The van der Waals surface area contributed by atoms with E-state index in [4.69, 9.17) is 5.73 Å². The normalized spacial score (nSPS) is 15.0. The monoisotopic (exact) mass is 233 g/mol. The summed E-state index contributed by atoms with van der Waals surface area (Å²) in [5, 5.41) is 2.88. The van der Waals surface area contributed by atoms with Crippen molar-refractivity contribution in [3.05, 3.63) is 23.8 Å². The Morgan fingerprint density at radius 2 is 2.12 bits per heavy atom. The summed E-state index contributed by atoms with van der Waals surface area (Å²) in [4.78, 5) is 13.7. The highest BCUT2D eigenvalue weighted by Crippen LogP contribution is 2.19. The van der Waals surface area contributed by atoms with E-state index in [1.165, 1.54) is 0 Å². The first-order chi connectivity index (χ1) is 8.20.